The van der Waals surface area contributed by atoms with E-state index in [-0.39, 0.29) is 0 Å². The van der Waals surface area contributed by atoms with E-state index in [0.717, 1.165) is 13.0 Å². The van der Waals surface area contributed by atoms with Gasteiger partial charge in [0.05, 0.1) is 0 Å². The Morgan fingerprint density at radius 3 is 2.93 bits per heavy atom. The highest BCUT2D eigenvalue weighted by molar-refractivity contribution is 9.10. The normalized spacial score (nSPS) is 21.0. The van der Waals surface area contributed by atoms with Gasteiger partial charge in [0.15, 0.2) is 0 Å². The van der Waals surface area contributed by atoms with E-state index in [2.05, 4.69) is 53.3 Å². The van der Waals surface area contributed by atoms with Crippen molar-refractivity contribution in [1.29, 1.82) is 0 Å². The predicted molar refractivity (Wildman–Crippen MR) is 63.4 cm³/mol. The average Bonchev–Trinajstić information content (AvgIpc) is 2.17. The largest absolute Gasteiger partial charge is 0.309 e. The first kappa shape index (κ1) is 10.2. The lowest BCUT2D eigenvalue weighted by Gasteiger charge is -2.30. The molecule has 0 bridgehead atoms. The minimum atomic E-state index is 0.524. The van der Waals surface area contributed by atoms with Crippen LogP contribution >= 0.6 is 15.9 Å². The van der Waals surface area contributed by atoms with Gasteiger partial charge in [0.25, 0.3) is 0 Å². The van der Waals surface area contributed by atoms with Gasteiger partial charge in [-0.25, -0.2) is 0 Å². The molecular weight excluding hydrogens is 238 g/mol. The SMILES string of the molecule is CC(C)C1NCCc2c(Br)cccc21. The van der Waals surface area contributed by atoms with Crippen LogP contribution in [0.25, 0.3) is 0 Å². The first-order chi connectivity index (χ1) is 6.70. The second kappa shape index (κ2) is 4.03. The molecule has 1 nitrogen and oxygen atoms in total. The number of nitrogens with one attached hydrogen (secondary N) is 1. The van der Waals surface area contributed by atoms with Crippen molar-refractivity contribution in [3.8, 4) is 0 Å². The highest BCUT2D eigenvalue weighted by atomic mass is 79.9. The van der Waals surface area contributed by atoms with Crippen LogP contribution in [-0.2, 0) is 6.42 Å². The quantitative estimate of drug-likeness (QED) is 0.810. The van der Waals surface area contributed by atoms with Gasteiger partial charge in [-0.05, 0) is 36.1 Å². The zero-order chi connectivity index (χ0) is 10.1. The molecule has 0 radical (unpaired) electrons. The van der Waals surface area contributed by atoms with Gasteiger partial charge in [-0.1, -0.05) is 41.9 Å². The summed E-state index contributed by atoms with van der Waals surface area (Å²) in [6.45, 7) is 5.64. The molecule has 1 aliphatic heterocycles. The van der Waals surface area contributed by atoms with Crippen molar-refractivity contribution >= 4 is 15.9 Å². The molecule has 0 saturated carbocycles. The zero-order valence-electron chi connectivity index (χ0n) is 8.68. The van der Waals surface area contributed by atoms with Crippen LogP contribution in [0, 0.1) is 5.92 Å². The van der Waals surface area contributed by atoms with Gasteiger partial charge in [-0.3, -0.25) is 0 Å². The van der Waals surface area contributed by atoms with Crippen molar-refractivity contribution in [2.75, 3.05) is 6.54 Å². The van der Waals surface area contributed by atoms with Crippen LogP contribution in [0.1, 0.15) is 31.0 Å². The summed E-state index contributed by atoms with van der Waals surface area (Å²) < 4.78 is 1.27. The van der Waals surface area contributed by atoms with Gasteiger partial charge < -0.3 is 5.32 Å². The molecule has 0 saturated heterocycles. The third-order valence-corrected chi connectivity index (χ3v) is 3.64. The smallest absolute Gasteiger partial charge is 0.0346 e. The molecule has 1 aliphatic rings. The van der Waals surface area contributed by atoms with E-state index in [9.17, 15) is 0 Å². The molecule has 1 N–H and O–H groups in total. The summed E-state index contributed by atoms with van der Waals surface area (Å²) >= 11 is 3.63. The number of rotatable bonds is 1. The van der Waals surface area contributed by atoms with Gasteiger partial charge in [0.1, 0.15) is 0 Å². The third-order valence-electron chi connectivity index (χ3n) is 2.90. The standard InChI is InChI=1S/C12H16BrN/c1-8(2)12-10-4-3-5-11(13)9(10)6-7-14-12/h3-5,8,12,14H,6-7H2,1-2H3. The maximum absolute atomic E-state index is 3.63. The van der Waals surface area contributed by atoms with Crippen molar-refractivity contribution < 1.29 is 0 Å². The Hall–Kier alpha value is -0.340. The molecular formula is C12H16BrN. The molecule has 1 unspecified atom stereocenters. The van der Waals surface area contributed by atoms with Crippen LogP contribution in [0.5, 0.6) is 0 Å². The Kier molecular flexibility index (Phi) is 2.93. The molecule has 2 rings (SSSR count). The minimum absolute atomic E-state index is 0.524. The number of halogens is 1. The number of hydrogen-bond acceptors (Lipinski definition) is 1. The van der Waals surface area contributed by atoms with E-state index < -0.39 is 0 Å². The predicted octanol–water partition coefficient (Wildman–Crippen LogP) is 3.29. The van der Waals surface area contributed by atoms with Crippen LogP contribution < -0.4 is 5.32 Å². The topological polar surface area (TPSA) is 12.0 Å². The first-order valence-corrected chi connectivity index (χ1v) is 6.00. The fourth-order valence-electron chi connectivity index (χ4n) is 2.19. The molecule has 0 fully saturated rings. The van der Waals surface area contributed by atoms with Gasteiger partial charge in [0, 0.05) is 10.5 Å². The van der Waals surface area contributed by atoms with Crippen LogP contribution in [0.15, 0.2) is 22.7 Å². The summed E-state index contributed by atoms with van der Waals surface area (Å²) in [4.78, 5) is 0. The lowest BCUT2D eigenvalue weighted by atomic mass is 9.88. The summed E-state index contributed by atoms with van der Waals surface area (Å²) in [6, 6.07) is 7.04. The average molecular weight is 254 g/mol. The van der Waals surface area contributed by atoms with Crippen molar-refractivity contribution in [3.63, 3.8) is 0 Å². The van der Waals surface area contributed by atoms with Crippen LogP contribution in [-0.4, -0.2) is 6.54 Å². The van der Waals surface area contributed by atoms with E-state index in [1.54, 1.807) is 0 Å². The van der Waals surface area contributed by atoms with E-state index in [4.69, 9.17) is 0 Å². The Balaban J connectivity index is 2.44. The van der Waals surface area contributed by atoms with Crippen molar-refractivity contribution in [2.24, 2.45) is 5.92 Å². The lowest BCUT2D eigenvalue weighted by Crippen LogP contribution is -2.33. The molecule has 0 amide bonds. The maximum Gasteiger partial charge on any atom is 0.0346 e. The second-order valence-electron chi connectivity index (χ2n) is 4.23. The summed E-state index contributed by atoms with van der Waals surface area (Å²) in [7, 11) is 0. The van der Waals surface area contributed by atoms with Gasteiger partial charge >= 0.3 is 0 Å². The molecule has 1 aromatic carbocycles. The van der Waals surface area contributed by atoms with Gasteiger partial charge in [-0.2, -0.15) is 0 Å². The van der Waals surface area contributed by atoms with Crippen LogP contribution in [0.3, 0.4) is 0 Å². The molecule has 1 aromatic rings. The number of benzene rings is 1. The lowest BCUT2D eigenvalue weighted by molar-refractivity contribution is 0.395. The zero-order valence-corrected chi connectivity index (χ0v) is 10.3. The molecule has 2 heteroatoms. The molecule has 0 aromatic heterocycles. The van der Waals surface area contributed by atoms with Gasteiger partial charge in [-0.15, -0.1) is 0 Å². The third kappa shape index (κ3) is 1.73. The van der Waals surface area contributed by atoms with Crippen LogP contribution in [0.4, 0.5) is 0 Å². The maximum atomic E-state index is 3.63. The monoisotopic (exact) mass is 253 g/mol. The fourth-order valence-corrected chi connectivity index (χ4v) is 2.77. The highest BCUT2D eigenvalue weighted by Crippen LogP contribution is 2.32. The van der Waals surface area contributed by atoms with Gasteiger partial charge in [0.2, 0.25) is 0 Å². The summed E-state index contributed by atoms with van der Waals surface area (Å²) in [5, 5.41) is 3.58. The first-order valence-electron chi connectivity index (χ1n) is 5.21. The van der Waals surface area contributed by atoms with E-state index in [0.29, 0.717) is 12.0 Å². The van der Waals surface area contributed by atoms with Crippen molar-refractivity contribution in [2.45, 2.75) is 26.3 Å². The van der Waals surface area contributed by atoms with Crippen LogP contribution in [0.2, 0.25) is 0 Å². The Morgan fingerprint density at radius 2 is 2.21 bits per heavy atom. The van der Waals surface area contributed by atoms with Crippen molar-refractivity contribution in [3.05, 3.63) is 33.8 Å². The molecule has 1 atom stereocenters. The van der Waals surface area contributed by atoms with Crippen molar-refractivity contribution in [1.82, 2.24) is 5.32 Å². The molecule has 1 heterocycles. The Bertz CT molecular complexity index is 333. The summed E-state index contributed by atoms with van der Waals surface area (Å²) in [6.07, 6.45) is 1.14. The highest BCUT2D eigenvalue weighted by Gasteiger charge is 2.23. The van der Waals surface area contributed by atoms with E-state index in [1.807, 2.05) is 0 Å². The number of hydrogen-bond donors (Lipinski definition) is 1. The second-order valence-corrected chi connectivity index (χ2v) is 5.09. The summed E-state index contributed by atoms with van der Waals surface area (Å²) in [5.74, 6) is 0.656. The molecule has 76 valence electrons. The summed E-state index contributed by atoms with van der Waals surface area (Å²) in [5.41, 5.74) is 2.96. The van der Waals surface area contributed by atoms with E-state index in [1.165, 1.54) is 15.6 Å². The fraction of sp³-hybridized carbons (Fsp3) is 0.500. The van der Waals surface area contributed by atoms with E-state index >= 15 is 0 Å². The molecule has 14 heavy (non-hydrogen) atoms. The minimum Gasteiger partial charge on any atom is -0.309 e. The Morgan fingerprint density at radius 1 is 1.43 bits per heavy atom. The molecule has 0 aliphatic carbocycles. The Labute approximate surface area is 94.0 Å². The number of fused-ring (bicyclic) bond motifs is 1. The molecule has 0 spiro atoms.